The van der Waals surface area contributed by atoms with Crippen molar-refractivity contribution in [2.45, 2.75) is 4.90 Å². The van der Waals surface area contributed by atoms with E-state index in [1.54, 1.807) is 11.8 Å². The van der Waals surface area contributed by atoms with Crippen molar-refractivity contribution in [3.8, 4) is 0 Å². The standard InChI is InChI=1S/C9H6BrIS2/c1-12-9-6(10)3-2-5-4-7(11)13-8(5)9/h2-4H,1H3. The monoisotopic (exact) mass is 384 g/mol. The third-order valence-electron chi connectivity index (χ3n) is 1.77. The van der Waals surface area contributed by atoms with Crippen LogP contribution in [0.2, 0.25) is 0 Å². The molecule has 0 aliphatic rings. The minimum Gasteiger partial charge on any atom is -0.128 e. The number of hydrogen-bond donors (Lipinski definition) is 0. The van der Waals surface area contributed by atoms with Gasteiger partial charge in [-0.15, -0.1) is 23.1 Å². The molecule has 0 saturated heterocycles. The maximum Gasteiger partial charge on any atom is 0.0666 e. The van der Waals surface area contributed by atoms with Crippen LogP contribution < -0.4 is 0 Å². The second kappa shape index (κ2) is 4.08. The van der Waals surface area contributed by atoms with Crippen LogP contribution in [0.15, 0.2) is 27.6 Å². The van der Waals surface area contributed by atoms with Crippen LogP contribution >= 0.6 is 61.6 Å². The van der Waals surface area contributed by atoms with Gasteiger partial charge in [-0.25, -0.2) is 0 Å². The van der Waals surface area contributed by atoms with Gasteiger partial charge in [-0.3, -0.25) is 0 Å². The minimum absolute atomic E-state index is 1.20. The highest BCUT2D eigenvalue weighted by molar-refractivity contribution is 14.1. The molecule has 1 aromatic carbocycles. The normalized spacial score (nSPS) is 11.0. The fraction of sp³-hybridized carbons (Fsp3) is 0.111. The Kier molecular flexibility index (Phi) is 3.22. The topological polar surface area (TPSA) is 0 Å². The Bertz CT molecular complexity index is 450. The molecular formula is C9H6BrIS2. The van der Waals surface area contributed by atoms with Gasteiger partial charge in [0, 0.05) is 9.37 Å². The average molecular weight is 385 g/mol. The number of rotatable bonds is 1. The van der Waals surface area contributed by atoms with Crippen molar-refractivity contribution in [1.29, 1.82) is 0 Å². The van der Waals surface area contributed by atoms with E-state index < -0.39 is 0 Å². The van der Waals surface area contributed by atoms with E-state index in [4.69, 9.17) is 0 Å². The first-order valence-electron chi connectivity index (χ1n) is 3.64. The number of thioether (sulfide) groups is 1. The van der Waals surface area contributed by atoms with Crippen LogP contribution in [0.5, 0.6) is 0 Å². The number of hydrogen-bond acceptors (Lipinski definition) is 2. The molecule has 0 nitrogen and oxygen atoms in total. The number of thiophene rings is 1. The second-order valence-electron chi connectivity index (χ2n) is 2.55. The molecule has 0 bridgehead atoms. The molecule has 0 N–H and O–H groups in total. The van der Waals surface area contributed by atoms with E-state index in [1.807, 2.05) is 11.3 Å². The van der Waals surface area contributed by atoms with Crippen LogP contribution in [0.3, 0.4) is 0 Å². The molecule has 0 unspecified atom stereocenters. The Morgan fingerprint density at radius 1 is 1.46 bits per heavy atom. The molecule has 0 aliphatic carbocycles. The van der Waals surface area contributed by atoms with Crippen LogP contribution in [-0.4, -0.2) is 6.26 Å². The van der Waals surface area contributed by atoms with Gasteiger partial charge in [0.2, 0.25) is 0 Å². The lowest BCUT2D eigenvalue weighted by Crippen LogP contribution is -1.72. The summed E-state index contributed by atoms with van der Waals surface area (Å²) in [6.07, 6.45) is 2.12. The summed E-state index contributed by atoms with van der Waals surface area (Å²) in [5.74, 6) is 0. The highest BCUT2D eigenvalue weighted by Crippen LogP contribution is 2.38. The Balaban J connectivity index is 2.82. The van der Waals surface area contributed by atoms with E-state index in [0.717, 1.165) is 0 Å². The average Bonchev–Trinajstić information content (AvgIpc) is 2.45. The molecule has 68 valence electrons. The summed E-state index contributed by atoms with van der Waals surface area (Å²) in [6, 6.07) is 6.52. The first-order valence-corrected chi connectivity index (χ1v) is 7.55. The van der Waals surface area contributed by atoms with Gasteiger partial charge in [0.1, 0.15) is 0 Å². The Morgan fingerprint density at radius 3 is 2.92 bits per heavy atom. The van der Waals surface area contributed by atoms with Gasteiger partial charge in [-0.1, -0.05) is 6.07 Å². The van der Waals surface area contributed by atoms with Gasteiger partial charge in [0.15, 0.2) is 0 Å². The molecule has 4 heteroatoms. The van der Waals surface area contributed by atoms with Crippen molar-refractivity contribution in [2.75, 3.05) is 6.26 Å². The van der Waals surface area contributed by atoms with Crippen LogP contribution in [0.1, 0.15) is 0 Å². The SMILES string of the molecule is CSc1c(Br)ccc2cc(I)sc12. The third-order valence-corrected chi connectivity index (χ3v) is 5.58. The van der Waals surface area contributed by atoms with Gasteiger partial charge < -0.3 is 0 Å². The van der Waals surface area contributed by atoms with E-state index in [2.05, 4.69) is 63.0 Å². The molecular weight excluding hydrogens is 379 g/mol. The number of fused-ring (bicyclic) bond motifs is 1. The number of halogens is 2. The molecule has 1 heterocycles. The second-order valence-corrected chi connectivity index (χ2v) is 7.17. The zero-order valence-corrected chi connectivity index (χ0v) is 12.2. The lowest BCUT2D eigenvalue weighted by Gasteiger charge is -2.00. The van der Waals surface area contributed by atoms with E-state index >= 15 is 0 Å². The smallest absolute Gasteiger partial charge is 0.0666 e. The van der Waals surface area contributed by atoms with Crippen molar-refractivity contribution in [2.24, 2.45) is 0 Å². The molecule has 0 aliphatic heterocycles. The quantitative estimate of drug-likeness (QED) is 0.493. The van der Waals surface area contributed by atoms with Crippen molar-refractivity contribution in [1.82, 2.24) is 0 Å². The zero-order valence-electron chi connectivity index (χ0n) is 6.80. The minimum atomic E-state index is 1.20. The molecule has 0 saturated carbocycles. The first-order chi connectivity index (χ1) is 6.22. The van der Waals surface area contributed by atoms with E-state index in [9.17, 15) is 0 Å². The van der Waals surface area contributed by atoms with E-state index in [0.29, 0.717) is 0 Å². The molecule has 0 fully saturated rings. The molecule has 2 rings (SSSR count). The highest BCUT2D eigenvalue weighted by atomic mass is 127. The predicted octanol–water partition coefficient (Wildman–Crippen LogP) is 4.99. The summed E-state index contributed by atoms with van der Waals surface area (Å²) in [5, 5.41) is 1.35. The van der Waals surface area contributed by atoms with Gasteiger partial charge in [0.05, 0.1) is 7.58 Å². The predicted molar refractivity (Wildman–Crippen MR) is 74.0 cm³/mol. The van der Waals surface area contributed by atoms with E-state index in [1.165, 1.54) is 22.3 Å². The van der Waals surface area contributed by atoms with Crippen LogP contribution in [0, 0.1) is 2.88 Å². The summed E-state index contributed by atoms with van der Waals surface area (Å²) >= 11 is 9.59. The maximum absolute atomic E-state index is 3.57. The van der Waals surface area contributed by atoms with Crippen molar-refractivity contribution in [3.05, 3.63) is 25.6 Å². The summed E-state index contributed by atoms with van der Waals surface area (Å²) in [6.45, 7) is 0. The van der Waals surface area contributed by atoms with Gasteiger partial charge in [0.25, 0.3) is 0 Å². The van der Waals surface area contributed by atoms with Crippen LogP contribution in [0.25, 0.3) is 10.1 Å². The lowest BCUT2D eigenvalue weighted by atomic mass is 10.3. The fourth-order valence-electron chi connectivity index (χ4n) is 1.21. The van der Waals surface area contributed by atoms with Gasteiger partial charge in [-0.05, 0) is 62.3 Å². The Morgan fingerprint density at radius 2 is 2.23 bits per heavy atom. The Hall–Kier alpha value is 0.740. The lowest BCUT2D eigenvalue weighted by molar-refractivity contribution is 1.52. The fourth-order valence-corrected chi connectivity index (χ4v) is 4.93. The van der Waals surface area contributed by atoms with Crippen LogP contribution in [-0.2, 0) is 0 Å². The summed E-state index contributed by atoms with van der Waals surface area (Å²) in [5.41, 5.74) is 0. The maximum atomic E-state index is 3.57. The summed E-state index contributed by atoms with van der Waals surface area (Å²) in [4.78, 5) is 1.35. The molecule has 0 amide bonds. The zero-order chi connectivity index (χ0) is 9.42. The molecule has 1 aromatic heterocycles. The molecule has 0 spiro atoms. The van der Waals surface area contributed by atoms with Crippen molar-refractivity contribution < 1.29 is 0 Å². The van der Waals surface area contributed by atoms with E-state index in [-0.39, 0.29) is 0 Å². The summed E-state index contributed by atoms with van der Waals surface area (Å²) < 4.78 is 3.94. The van der Waals surface area contributed by atoms with Gasteiger partial charge >= 0.3 is 0 Å². The van der Waals surface area contributed by atoms with Gasteiger partial charge in [-0.2, -0.15) is 0 Å². The first kappa shape index (κ1) is 10.3. The molecule has 2 aromatic rings. The third kappa shape index (κ3) is 1.91. The van der Waals surface area contributed by atoms with Crippen LogP contribution in [0.4, 0.5) is 0 Å². The highest BCUT2D eigenvalue weighted by Gasteiger charge is 2.07. The summed E-state index contributed by atoms with van der Waals surface area (Å²) in [7, 11) is 0. The van der Waals surface area contributed by atoms with Crippen molar-refractivity contribution in [3.63, 3.8) is 0 Å². The Labute approximate surface area is 107 Å². The van der Waals surface area contributed by atoms with Crippen molar-refractivity contribution >= 4 is 71.7 Å². The molecule has 0 atom stereocenters. The molecule has 13 heavy (non-hydrogen) atoms. The largest absolute Gasteiger partial charge is 0.128 e. The molecule has 0 radical (unpaired) electrons. The number of benzene rings is 1.